The normalized spacial score (nSPS) is 17.7. The third kappa shape index (κ3) is 2.43. The number of nitrogens with one attached hydrogen (secondary N) is 1. The van der Waals surface area contributed by atoms with Gasteiger partial charge in [-0.05, 0) is 36.1 Å². The summed E-state index contributed by atoms with van der Waals surface area (Å²) in [7, 11) is -3.59. The zero-order valence-electron chi connectivity index (χ0n) is 11.3. The van der Waals surface area contributed by atoms with Crippen molar-refractivity contribution in [2.24, 2.45) is 0 Å². The molecule has 1 aromatic heterocycles. The minimum absolute atomic E-state index is 0.255. The maximum atomic E-state index is 12.4. The molecule has 110 valence electrons. The van der Waals surface area contributed by atoms with Crippen LogP contribution in [0.2, 0.25) is 0 Å². The fourth-order valence-corrected chi connectivity index (χ4v) is 3.54. The highest BCUT2D eigenvalue weighted by atomic mass is 32.2. The van der Waals surface area contributed by atoms with Crippen molar-refractivity contribution in [1.29, 1.82) is 0 Å². The predicted octanol–water partition coefficient (Wildman–Crippen LogP) is 2.05. The second-order valence-corrected chi connectivity index (χ2v) is 7.15. The quantitative estimate of drug-likeness (QED) is 0.938. The van der Waals surface area contributed by atoms with Gasteiger partial charge in [-0.15, -0.1) is 0 Å². The van der Waals surface area contributed by atoms with Gasteiger partial charge in [0.25, 0.3) is 10.0 Å². The first-order chi connectivity index (χ1) is 10.1. The van der Waals surface area contributed by atoms with Gasteiger partial charge in [-0.3, -0.25) is 9.40 Å². The third-order valence-corrected chi connectivity index (χ3v) is 5.16. The van der Waals surface area contributed by atoms with E-state index in [1.54, 1.807) is 24.5 Å². The van der Waals surface area contributed by atoms with Crippen LogP contribution in [0, 0.1) is 0 Å². The average molecular weight is 305 g/mol. The molecule has 1 saturated carbocycles. The highest BCUT2D eigenvalue weighted by molar-refractivity contribution is 7.92. The van der Waals surface area contributed by atoms with Crippen LogP contribution < -0.4 is 4.72 Å². The first kappa shape index (κ1) is 12.8. The Labute approximate surface area is 122 Å². The highest BCUT2D eigenvalue weighted by Gasteiger charge is 2.25. The zero-order valence-corrected chi connectivity index (χ0v) is 12.1. The first-order valence-electron chi connectivity index (χ1n) is 6.88. The van der Waals surface area contributed by atoms with Gasteiger partial charge in [0.15, 0.2) is 0 Å². The van der Waals surface area contributed by atoms with Crippen LogP contribution in [-0.4, -0.2) is 18.2 Å². The molecule has 4 rings (SSSR count). The number of benzene rings is 1. The third-order valence-electron chi connectivity index (χ3n) is 3.78. The lowest BCUT2D eigenvalue weighted by molar-refractivity contribution is 0.134. The number of hydrogen-bond acceptors (Lipinski definition) is 4. The molecule has 0 amide bonds. The van der Waals surface area contributed by atoms with Crippen molar-refractivity contribution < 1.29 is 13.2 Å². The predicted molar refractivity (Wildman–Crippen MR) is 76.2 cm³/mol. The highest BCUT2D eigenvalue weighted by Crippen LogP contribution is 2.34. The summed E-state index contributed by atoms with van der Waals surface area (Å²) < 4.78 is 34.5. The van der Waals surface area contributed by atoms with Crippen LogP contribution in [0.1, 0.15) is 30.0 Å². The van der Waals surface area contributed by atoms with Crippen molar-refractivity contribution in [2.75, 3.05) is 4.72 Å². The van der Waals surface area contributed by atoms with Gasteiger partial charge in [0, 0.05) is 6.20 Å². The molecule has 7 heteroatoms. The van der Waals surface area contributed by atoms with Crippen molar-refractivity contribution >= 4 is 15.7 Å². The molecule has 1 aromatic carbocycles. The van der Waals surface area contributed by atoms with Crippen LogP contribution in [0.25, 0.3) is 0 Å². The number of sulfonamides is 1. The van der Waals surface area contributed by atoms with Crippen molar-refractivity contribution in [1.82, 2.24) is 9.78 Å². The van der Waals surface area contributed by atoms with Gasteiger partial charge in [0.1, 0.15) is 0 Å². The molecule has 21 heavy (non-hydrogen) atoms. The number of hydrogen-bond donors (Lipinski definition) is 1. The molecule has 0 unspecified atom stereocenters. The Morgan fingerprint density at radius 3 is 2.86 bits per heavy atom. The molecule has 1 aliphatic heterocycles. The number of nitrogens with zero attached hydrogens (tertiary/aromatic N) is 2. The molecule has 2 aromatic rings. The molecule has 0 bridgehead atoms. The number of fused-ring (bicyclic) bond motifs is 1. The van der Waals surface area contributed by atoms with Crippen LogP contribution >= 0.6 is 0 Å². The SMILES string of the molecule is O=S(=O)(Nc1cnn(C2CC2)c1)c1ccc2c(c1)COC2. The van der Waals surface area contributed by atoms with Gasteiger partial charge in [0.05, 0.1) is 36.0 Å². The smallest absolute Gasteiger partial charge is 0.262 e. The van der Waals surface area contributed by atoms with Crippen LogP contribution in [0.5, 0.6) is 0 Å². The molecular weight excluding hydrogens is 290 g/mol. The molecule has 0 saturated heterocycles. The molecule has 2 heterocycles. The van der Waals surface area contributed by atoms with E-state index in [0.717, 1.165) is 24.0 Å². The zero-order chi connectivity index (χ0) is 14.4. The van der Waals surface area contributed by atoms with Crippen LogP contribution in [0.15, 0.2) is 35.5 Å². The molecule has 2 aliphatic rings. The van der Waals surface area contributed by atoms with Crippen molar-refractivity contribution in [2.45, 2.75) is 37.0 Å². The van der Waals surface area contributed by atoms with E-state index >= 15 is 0 Å². The Hall–Kier alpha value is -1.86. The van der Waals surface area contributed by atoms with Crippen LogP contribution in [0.3, 0.4) is 0 Å². The second-order valence-electron chi connectivity index (χ2n) is 5.47. The summed E-state index contributed by atoms with van der Waals surface area (Å²) in [6, 6.07) is 5.53. The monoisotopic (exact) mass is 305 g/mol. The molecule has 0 atom stereocenters. The van der Waals surface area contributed by atoms with Gasteiger partial charge in [-0.25, -0.2) is 8.42 Å². The van der Waals surface area contributed by atoms with Gasteiger partial charge in [-0.2, -0.15) is 5.10 Å². The molecular formula is C14H15N3O3S. The van der Waals surface area contributed by atoms with Crippen molar-refractivity contribution in [3.05, 3.63) is 41.7 Å². The first-order valence-corrected chi connectivity index (χ1v) is 8.37. The summed E-state index contributed by atoms with van der Waals surface area (Å²) in [5.74, 6) is 0. The maximum Gasteiger partial charge on any atom is 0.262 e. The van der Waals surface area contributed by atoms with Gasteiger partial charge < -0.3 is 4.74 Å². The van der Waals surface area contributed by atoms with E-state index in [-0.39, 0.29) is 4.90 Å². The molecule has 1 aliphatic carbocycles. The van der Waals surface area contributed by atoms with Crippen LogP contribution in [0.4, 0.5) is 5.69 Å². The summed E-state index contributed by atoms with van der Waals surface area (Å²) in [5, 5.41) is 4.18. The maximum absolute atomic E-state index is 12.4. The molecule has 0 radical (unpaired) electrons. The van der Waals surface area contributed by atoms with Gasteiger partial charge in [0.2, 0.25) is 0 Å². The lowest BCUT2D eigenvalue weighted by atomic mass is 10.1. The topological polar surface area (TPSA) is 73.2 Å². The number of anilines is 1. The largest absolute Gasteiger partial charge is 0.372 e. The fraction of sp³-hybridized carbons (Fsp3) is 0.357. The minimum atomic E-state index is -3.59. The molecule has 0 spiro atoms. The van der Waals surface area contributed by atoms with E-state index < -0.39 is 10.0 Å². The molecule has 6 nitrogen and oxygen atoms in total. The van der Waals surface area contributed by atoms with Crippen molar-refractivity contribution in [3.63, 3.8) is 0 Å². The molecule has 1 N–H and O–H groups in total. The van der Waals surface area contributed by atoms with Gasteiger partial charge in [-0.1, -0.05) is 6.07 Å². The van der Waals surface area contributed by atoms with E-state index in [2.05, 4.69) is 9.82 Å². The Kier molecular flexibility index (Phi) is 2.80. The van der Waals surface area contributed by atoms with E-state index in [0.29, 0.717) is 24.9 Å². The minimum Gasteiger partial charge on any atom is -0.372 e. The second kappa shape index (κ2) is 4.57. The Balaban J connectivity index is 1.60. The average Bonchev–Trinajstić information content (AvgIpc) is 3.02. The Bertz CT molecular complexity index is 794. The molecule has 1 fully saturated rings. The van der Waals surface area contributed by atoms with E-state index in [4.69, 9.17) is 4.74 Å². The van der Waals surface area contributed by atoms with Gasteiger partial charge >= 0.3 is 0 Å². The number of rotatable bonds is 4. The van der Waals surface area contributed by atoms with E-state index in [9.17, 15) is 8.42 Å². The van der Waals surface area contributed by atoms with E-state index in [1.165, 1.54) is 0 Å². The fourth-order valence-electron chi connectivity index (χ4n) is 2.46. The number of ether oxygens (including phenoxy) is 1. The standard InChI is InChI=1S/C14H15N3O3S/c18-21(19,14-4-1-10-8-20-9-11(10)5-14)16-12-6-15-17(7-12)13-2-3-13/h1,4-7,13,16H,2-3,8-9H2. The van der Waals surface area contributed by atoms with Crippen LogP contribution in [-0.2, 0) is 28.0 Å². The summed E-state index contributed by atoms with van der Waals surface area (Å²) in [6.07, 6.45) is 5.51. The Morgan fingerprint density at radius 1 is 1.24 bits per heavy atom. The number of aromatic nitrogens is 2. The lowest BCUT2D eigenvalue weighted by Gasteiger charge is -2.07. The Morgan fingerprint density at radius 2 is 2.05 bits per heavy atom. The summed E-state index contributed by atoms with van der Waals surface area (Å²) in [6.45, 7) is 1.02. The lowest BCUT2D eigenvalue weighted by Crippen LogP contribution is -2.13. The summed E-state index contributed by atoms with van der Waals surface area (Å²) in [4.78, 5) is 0.255. The summed E-state index contributed by atoms with van der Waals surface area (Å²) in [5.41, 5.74) is 2.49. The van der Waals surface area contributed by atoms with Crippen molar-refractivity contribution in [3.8, 4) is 0 Å². The summed E-state index contributed by atoms with van der Waals surface area (Å²) >= 11 is 0. The van der Waals surface area contributed by atoms with E-state index in [1.807, 2.05) is 10.7 Å².